The van der Waals surface area contributed by atoms with Crippen molar-refractivity contribution in [2.45, 2.75) is 44.6 Å². The summed E-state index contributed by atoms with van der Waals surface area (Å²) in [7, 11) is 3.37. The van der Waals surface area contributed by atoms with E-state index in [2.05, 4.69) is 17.4 Å². The van der Waals surface area contributed by atoms with Crippen molar-refractivity contribution < 1.29 is 14.8 Å². The van der Waals surface area contributed by atoms with Crippen LogP contribution < -0.4 is 14.8 Å². The molecule has 0 atom stereocenters. The van der Waals surface area contributed by atoms with E-state index in [1.807, 2.05) is 6.07 Å². The summed E-state index contributed by atoms with van der Waals surface area (Å²) < 4.78 is 10.6. The van der Waals surface area contributed by atoms with Gasteiger partial charge in [0, 0.05) is 6.42 Å². The van der Waals surface area contributed by atoms with Crippen molar-refractivity contribution in [1.82, 2.24) is 0 Å². The van der Waals surface area contributed by atoms with Crippen LogP contribution in [-0.4, -0.2) is 26.8 Å². The van der Waals surface area contributed by atoms with Gasteiger partial charge in [-0.2, -0.15) is 0 Å². The third kappa shape index (κ3) is 4.13. The van der Waals surface area contributed by atoms with Gasteiger partial charge in [-0.1, -0.05) is 12.5 Å². The molecule has 0 aromatic heterocycles. The number of quaternary nitrogens is 1. The molecule has 1 aliphatic rings. The van der Waals surface area contributed by atoms with Gasteiger partial charge in [0.05, 0.1) is 26.8 Å². The molecule has 1 aromatic rings. The fourth-order valence-corrected chi connectivity index (χ4v) is 2.89. The Labute approximate surface area is 116 Å². The van der Waals surface area contributed by atoms with Gasteiger partial charge >= 0.3 is 0 Å². The van der Waals surface area contributed by atoms with Crippen LogP contribution in [0.4, 0.5) is 0 Å². The maximum atomic E-state index is 5.34. The second-order valence-electron chi connectivity index (χ2n) is 5.36. The van der Waals surface area contributed by atoms with Crippen LogP contribution in [0, 0.1) is 0 Å². The fraction of sp³-hybridized carbons (Fsp3) is 0.625. The molecule has 1 saturated carbocycles. The summed E-state index contributed by atoms with van der Waals surface area (Å²) in [6, 6.07) is 7.08. The second-order valence-corrected chi connectivity index (χ2v) is 5.36. The highest BCUT2D eigenvalue weighted by atomic mass is 16.5. The minimum Gasteiger partial charge on any atom is -0.493 e. The first-order valence-electron chi connectivity index (χ1n) is 7.37. The Morgan fingerprint density at radius 2 is 1.79 bits per heavy atom. The SMILES string of the molecule is COc1ccc(CC[NH2+]C2CCCCC2)cc1OC. The van der Waals surface area contributed by atoms with Crippen LogP contribution in [0.15, 0.2) is 18.2 Å². The maximum absolute atomic E-state index is 5.34. The van der Waals surface area contributed by atoms with E-state index in [-0.39, 0.29) is 0 Å². The van der Waals surface area contributed by atoms with Gasteiger partial charge in [-0.3, -0.25) is 0 Å². The van der Waals surface area contributed by atoms with Crippen molar-refractivity contribution in [3.8, 4) is 11.5 Å². The van der Waals surface area contributed by atoms with Crippen LogP contribution >= 0.6 is 0 Å². The average molecular weight is 264 g/mol. The zero-order chi connectivity index (χ0) is 13.5. The van der Waals surface area contributed by atoms with Gasteiger partial charge in [0.2, 0.25) is 0 Å². The molecule has 0 amide bonds. The minimum absolute atomic E-state index is 0.808. The summed E-state index contributed by atoms with van der Waals surface area (Å²) in [6.07, 6.45) is 8.14. The molecule has 0 unspecified atom stereocenters. The summed E-state index contributed by atoms with van der Waals surface area (Å²) in [5.41, 5.74) is 1.32. The largest absolute Gasteiger partial charge is 0.493 e. The van der Waals surface area contributed by atoms with Crippen molar-refractivity contribution >= 4 is 0 Å². The molecular formula is C16H26NO2+. The Kier molecular flexibility index (Phi) is 5.52. The van der Waals surface area contributed by atoms with Crippen LogP contribution in [0.5, 0.6) is 11.5 Å². The molecule has 0 heterocycles. The van der Waals surface area contributed by atoms with E-state index >= 15 is 0 Å². The third-order valence-electron chi connectivity index (χ3n) is 4.03. The first kappa shape index (κ1) is 14.2. The van der Waals surface area contributed by atoms with Gasteiger partial charge in [-0.25, -0.2) is 0 Å². The predicted molar refractivity (Wildman–Crippen MR) is 76.9 cm³/mol. The molecule has 0 radical (unpaired) electrons. The van der Waals surface area contributed by atoms with Gasteiger partial charge in [0.25, 0.3) is 0 Å². The maximum Gasteiger partial charge on any atom is 0.160 e. The van der Waals surface area contributed by atoms with Crippen LogP contribution in [0.2, 0.25) is 0 Å². The summed E-state index contributed by atoms with van der Waals surface area (Å²) in [5, 5.41) is 2.52. The topological polar surface area (TPSA) is 35.1 Å². The highest BCUT2D eigenvalue weighted by molar-refractivity contribution is 5.42. The standard InChI is InChI=1S/C16H25NO2/c1-18-15-9-8-13(12-16(15)19-2)10-11-17-14-6-4-3-5-7-14/h8-9,12,14,17H,3-7,10-11H2,1-2H3/p+1. The number of hydrogen-bond donors (Lipinski definition) is 1. The normalized spacial score (nSPS) is 16.3. The molecule has 1 aliphatic carbocycles. The lowest BCUT2D eigenvalue weighted by atomic mass is 9.95. The number of ether oxygens (including phenoxy) is 2. The second kappa shape index (κ2) is 7.39. The Hall–Kier alpha value is -1.22. The van der Waals surface area contributed by atoms with Gasteiger partial charge in [-0.15, -0.1) is 0 Å². The molecule has 1 aromatic carbocycles. The van der Waals surface area contributed by atoms with Crippen molar-refractivity contribution in [2.24, 2.45) is 0 Å². The molecule has 0 aliphatic heterocycles. The first-order valence-corrected chi connectivity index (χ1v) is 7.37. The Morgan fingerprint density at radius 3 is 2.47 bits per heavy atom. The van der Waals surface area contributed by atoms with E-state index in [1.54, 1.807) is 14.2 Å². The molecular weight excluding hydrogens is 238 g/mol. The first-order chi connectivity index (χ1) is 9.33. The van der Waals surface area contributed by atoms with Crippen LogP contribution in [0.25, 0.3) is 0 Å². The number of methoxy groups -OCH3 is 2. The molecule has 3 heteroatoms. The molecule has 106 valence electrons. The Morgan fingerprint density at radius 1 is 1.05 bits per heavy atom. The summed E-state index contributed by atoms with van der Waals surface area (Å²) in [5.74, 6) is 1.64. The van der Waals surface area contributed by atoms with Crippen molar-refractivity contribution in [3.63, 3.8) is 0 Å². The van der Waals surface area contributed by atoms with Crippen molar-refractivity contribution in [3.05, 3.63) is 23.8 Å². The van der Waals surface area contributed by atoms with Gasteiger partial charge in [0.15, 0.2) is 11.5 Å². The number of rotatable bonds is 6. The van der Waals surface area contributed by atoms with Crippen LogP contribution in [0.1, 0.15) is 37.7 Å². The molecule has 19 heavy (non-hydrogen) atoms. The predicted octanol–water partition coefficient (Wildman–Crippen LogP) is 2.14. The molecule has 3 nitrogen and oxygen atoms in total. The van der Waals surface area contributed by atoms with E-state index in [1.165, 1.54) is 44.2 Å². The lowest BCUT2D eigenvalue weighted by molar-refractivity contribution is -0.691. The third-order valence-corrected chi connectivity index (χ3v) is 4.03. The Bertz CT molecular complexity index is 386. The molecule has 0 spiro atoms. The molecule has 0 saturated heterocycles. The van der Waals surface area contributed by atoms with E-state index in [9.17, 15) is 0 Å². The van der Waals surface area contributed by atoms with Gasteiger partial charge in [-0.05, 0) is 43.4 Å². The summed E-state index contributed by atoms with van der Waals surface area (Å²) in [4.78, 5) is 0. The zero-order valence-corrected chi connectivity index (χ0v) is 12.2. The minimum atomic E-state index is 0.808. The van der Waals surface area contributed by atoms with Crippen LogP contribution in [0.3, 0.4) is 0 Å². The van der Waals surface area contributed by atoms with Gasteiger partial charge < -0.3 is 14.8 Å². The lowest BCUT2D eigenvalue weighted by Crippen LogP contribution is -2.90. The number of nitrogens with two attached hydrogens (primary N) is 1. The molecule has 1 fully saturated rings. The average Bonchev–Trinajstić information content (AvgIpc) is 2.48. The quantitative estimate of drug-likeness (QED) is 0.854. The van der Waals surface area contributed by atoms with Gasteiger partial charge in [0.1, 0.15) is 0 Å². The van der Waals surface area contributed by atoms with E-state index in [4.69, 9.17) is 9.47 Å². The fourth-order valence-electron chi connectivity index (χ4n) is 2.89. The van der Waals surface area contributed by atoms with E-state index in [0.717, 1.165) is 24.0 Å². The summed E-state index contributed by atoms with van der Waals surface area (Å²) in [6.45, 7) is 1.17. The van der Waals surface area contributed by atoms with Crippen molar-refractivity contribution in [2.75, 3.05) is 20.8 Å². The van der Waals surface area contributed by atoms with Crippen molar-refractivity contribution in [1.29, 1.82) is 0 Å². The highest BCUT2D eigenvalue weighted by Crippen LogP contribution is 2.27. The van der Waals surface area contributed by atoms with Crippen LogP contribution in [-0.2, 0) is 6.42 Å². The monoisotopic (exact) mass is 264 g/mol. The summed E-state index contributed by atoms with van der Waals surface area (Å²) >= 11 is 0. The zero-order valence-electron chi connectivity index (χ0n) is 12.2. The van der Waals surface area contributed by atoms with E-state index in [0.29, 0.717) is 0 Å². The number of hydrogen-bond acceptors (Lipinski definition) is 2. The molecule has 2 rings (SSSR count). The Balaban J connectivity index is 1.81. The highest BCUT2D eigenvalue weighted by Gasteiger charge is 2.15. The molecule has 0 bridgehead atoms. The number of benzene rings is 1. The molecule has 2 N–H and O–H groups in total. The van der Waals surface area contributed by atoms with E-state index < -0.39 is 0 Å². The lowest BCUT2D eigenvalue weighted by Gasteiger charge is -2.19. The smallest absolute Gasteiger partial charge is 0.160 e.